The van der Waals surface area contributed by atoms with Crippen molar-refractivity contribution in [2.75, 3.05) is 44.0 Å². The number of hydrogen-bond acceptors (Lipinski definition) is 5. The number of hydrogen-bond donors (Lipinski definition) is 3. The van der Waals surface area contributed by atoms with Crippen LogP contribution in [0.3, 0.4) is 0 Å². The molecule has 5 N–H and O–H groups in total. The molecule has 0 aliphatic rings. The number of benzene rings is 1. The number of nitrogens with two attached hydrogens (primary N) is 2. The molecule has 0 aliphatic carbocycles. The van der Waals surface area contributed by atoms with Crippen molar-refractivity contribution in [3.8, 4) is 11.3 Å². The van der Waals surface area contributed by atoms with Gasteiger partial charge in [0.1, 0.15) is 5.82 Å². The second-order valence-corrected chi connectivity index (χ2v) is 5.12. The van der Waals surface area contributed by atoms with Crippen LogP contribution < -0.4 is 16.8 Å². The van der Waals surface area contributed by atoms with Gasteiger partial charge < -0.3 is 21.7 Å². The van der Waals surface area contributed by atoms with Gasteiger partial charge in [-0.3, -0.25) is 4.98 Å². The van der Waals surface area contributed by atoms with Gasteiger partial charge in [0.15, 0.2) is 0 Å². The van der Waals surface area contributed by atoms with E-state index in [0.717, 1.165) is 13.1 Å². The molecule has 2 aromatic rings. The van der Waals surface area contributed by atoms with Crippen LogP contribution in [0.4, 0.5) is 21.5 Å². The smallest absolute Gasteiger partial charge is 0.125 e. The molecule has 0 unspecified atom stereocenters. The van der Waals surface area contributed by atoms with Crippen LogP contribution in [0.15, 0.2) is 30.5 Å². The SMILES string of the molecule is CC.CN(C)CCNc1cc(F)cc(-c2nccc(N)c2N)c1. The zero-order chi connectivity index (χ0) is 17.4. The van der Waals surface area contributed by atoms with Gasteiger partial charge in [-0.05, 0) is 38.4 Å². The fourth-order valence-electron chi connectivity index (χ4n) is 1.97. The number of anilines is 3. The molecule has 5 nitrogen and oxygen atoms in total. The number of halogens is 1. The minimum atomic E-state index is -0.344. The second-order valence-electron chi connectivity index (χ2n) is 5.12. The molecule has 6 heteroatoms. The predicted octanol–water partition coefficient (Wildman–Crippen LogP) is 3.05. The second kappa shape index (κ2) is 8.95. The number of likely N-dealkylation sites (N-methyl/N-ethyl adjacent to an activating group) is 1. The molecule has 0 saturated carbocycles. The van der Waals surface area contributed by atoms with Crippen molar-refractivity contribution in [1.82, 2.24) is 9.88 Å². The van der Waals surface area contributed by atoms with Crippen LogP contribution in [0, 0.1) is 5.82 Å². The van der Waals surface area contributed by atoms with E-state index in [1.807, 2.05) is 38.9 Å². The lowest BCUT2D eigenvalue weighted by Crippen LogP contribution is -2.20. The molecule has 2 rings (SSSR count). The van der Waals surface area contributed by atoms with Gasteiger partial charge in [0.05, 0.1) is 17.1 Å². The summed E-state index contributed by atoms with van der Waals surface area (Å²) in [6.45, 7) is 5.57. The van der Waals surface area contributed by atoms with Gasteiger partial charge in [-0.1, -0.05) is 13.8 Å². The highest BCUT2D eigenvalue weighted by Gasteiger charge is 2.09. The molecule has 0 amide bonds. The Bertz CT molecular complexity index is 628. The first-order valence-electron chi connectivity index (χ1n) is 7.67. The molecule has 1 aromatic carbocycles. The molecule has 0 saturated heterocycles. The average Bonchev–Trinajstić information content (AvgIpc) is 2.51. The van der Waals surface area contributed by atoms with Crippen molar-refractivity contribution >= 4 is 17.1 Å². The topological polar surface area (TPSA) is 80.2 Å². The summed E-state index contributed by atoms with van der Waals surface area (Å²) in [6.07, 6.45) is 1.56. The zero-order valence-corrected chi connectivity index (χ0v) is 14.2. The van der Waals surface area contributed by atoms with Gasteiger partial charge in [0.25, 0.3) is 0 Å². The maximum atomic E-state index is 13.8. The Morgan fingerprint density at radius 2 is 1.87 bits per heavy atom. The lowest BCUT2D eigenvalue weighted by molar-refractivity contribution is 0.425. The Hall–Kier alpha value is -2.34. The molecular formula is C17H26FN5. The number of nitrogen functional groups attached to an aromatic ring is 2. The molecule has 126 valence electrons. The molecule has 1 aromatic heterocycles. The fraction of sp³-hybridized carbons (Fsp3) is 0.353. The van der Waals surface area contributed by atoms with E-state index in [1.165, 1.54) is 12.1 Å². The van der Waals surface area contributed by atoms with Crippen LogP contribution in [-0.4, -0.2) is 37.1 Å². The number of rotatable bonds is 5. The van der Waals surface area contributed by atoms with Crippen LogP contribution in [-0.2, 0) is 0 Å². The van der Waals surface area contributed by atoms with Crippen LogP contribution >= 0.6 is 0 Å². The van der Waals surface area contributed by atoms with Crippen molar-refractivity contribution < 1.29 is 4.39 Å². The quantitative estimate of drug-likeness (QED) is 0.789. The molecule has 0 radical (unpaired) electrons. The first-order valence-corrected chi connectivity index (χ1v) is 7.67. The minimum absolute atomic E-state index is 0.344. The first kappa shape index (κ1) is 18.7. The van der Waals surface area contributed by atoms with Gasteiger partial charge in [-0.15, -0.1) is 0 Å². The molecular weight excluding hydrogens is 293 g/mol. The molecule has 0 fully saturated rings. The number of aromatic nitrogens is 1. The van der Waals surface area contributed by atoms with Crippen molar-refractivity contribution in [1.29, 1.82) is 0 Å². The Kier molecular flexibility index (Phi) is 7.28. The van der Waals surface area contributed by atoms with E-state index >= 15 is 0 Å². The normalized spacial score (nSPS) is 10.2. The lowest BCUT2D eigenvalue weighted by Gasteiger charge is -2.13. The summed E-state index contributed by atoms with van der Waals surface area (Å²) >= 11 is 0. The maximum absolute atomic E-state index is 13.8. The highest BCUT2D eigenvalue weighted by Crippen LogP contribution is 2.30. The third-order valence-electron chi connectivity index (χ3n) is 3.08. The third kappa shape index (κ3) is 5.41. The van der Waals surface area contributed by atoms with Gasteiger partial charge >= 0.3 is 0 Å². The average molecular weight is 319 g/mol. The Morgan fingerprint density at radius 1 is 1.17 bits per heavy atom. The summed E-state index contributed by atoms with van der Waals surface area (Å²) in [4.78, 5) is 6.24. The Morgan fingerprint density at radius 3 is 2.52 bits per heavy atom. The largest absolute Gasteiger partial charge is 0.397 e. The maximum Gasteiger partial charge on any atom is 0.125 e. The van der Waals surface area contributed by atoms with Gasteiger partial charge in [-0.25, -0.2) is 4.39 Å². The summed E-state index contributed by atoms with van der Waals surface area (Å²) < 4.78 is 13.8. The van der Waals surface area contributed by atoms with Crippen LogP contribution in [0.5, 0.6) is 0 Å². The van der Waals surface area contributed by atoms with E-state index in [4.69, 9.17) is 11.5 Å². The third-order valence-corrected chi connectivity index (χ3v) is 3.08. The highest BCUT2D eigenvalue weighted by atomic mass is 19.1. The van der Waals surface area contributed by atoms with Gasteiger partial charge in [-0.2, -0.15) is 0 Å². The van der Waals surface area contributed by atoms with Crippen LogP contribution in [0.1, 0.15) is 13.8 Å². The van der Waals surface area contributed by atoms with Crippen LogP contribution in [0.2, 0.25) is 0 Å². The highest BCUT2D eigenvalue weighted by molar-refractivity contribution is 5.82. The summed E-state index contributed by atoms with van der Waals surface area (Å²) in [6, 6.07) is 6.28. The molecule has 0 aliphatic heterocycles. The fourth-order valence-corrected chi connectivity index (χ4v) is 1.97. The van der Waals surface area contributed by atoms with E-state index < -0.39 is 0 Å². The van der Waals surface area contributed by atoms with Gasteiger partial charge in [0, 0.05) is 30.5 Å². The Balaban J connectivity index is 0.00000127. The molecule has 0 bridgehead atoms. The number of nitrogens with zero attached hydrogens (tertiary/aromatic N) is 2. The summed E-state index contributed by atoms with van der Waals surface area (Å²) in [5.41, 5.74) is 14.3. The summed E-state index contributed by atoms with van der Waals surface area (Å²) in [5, 5.41) is 3.18. The first-order chi connectivity index (χ1) is 11.0. The predicted molar refractivity (Wildman–Crippen MR) is 96.8 cm³/mol. The van der Waals surface area contributed by atoms with Crippen molar-refractivity contribution in [2.45, 2.75) is 13.8 Å². The molecule has 1 heterocycles. The zero-order valence-electron chi connectivity index (χ0n) is 14.2. The van der Waals surface area contributed by atoms with Crippen molar-refractivity contribution in [2.24, 2.45) is 0 Å². The minimum Gasteiger partial charge on any atom is -0.397 e. The summed E-state index contributed by atoms with van der Waals surface area (Å²) in [7, 11) is 3.96. The standard InChI is InChI=1S/C15H20FN5.C2H6/c1-21(2)6-5-19-12-8-10(7-11(16)9-12)15-14(18)13(17)3-4-20-15;1-2/h3-4,7-9,19H,5-6,18H2,1-2H3,(H2,17,20);1-2H3. The van der Waals surface area contributed by atoms with E-state index in [0.29, 0.717) is 28.3 Å². The molecule has 0 spiro atoms. The van der Waals surface area contributed by atoms with E-state index in [2.05, 4.69) is 10.3 Å². The Labute approximate surface area is 137 Å². The van der Waals surface area contributed by atoms with Gasteiger partial charge in [0.2, 0.25) is 0 Å². The number of pyridine rings is 1. The monoisotopic (exact) mass is 319 g/mol. The summed E-state index contributed by atoms with van der Waals surface area (Å²) in [5.74, 6) is -0.344. The van der Waals surface area contributed by atoms with Crippen molar-refractivity contribution in [3.05, 3.63) is 36.3 Å². The van der Waals surface area contributed by atoms with E-state index in [1.54, 1.807) is 12.3 Å². The van der Waals surface area contributed by atoms with Crippen molar-refractivity contribution in [3.63, 3.8) is 0 Å². The van der Waals surface area contributed by atoms with E-state index in [9.17, 15) is 4.39 Å². The van der Waals surface area contributed by atoms with E-state index in [-0.39, 0.29) is 5.82 Å². The molecule has 0 atom stereocenters. The molecule has 23 heavy (non-hydrogen) atoms. The number of nitrogens with one attached hydrogen (secondary N) is 1. The lowest BCUT2D eigenvalue weighted by atomic mass is 10.1. The van der Waals surface area contributed by atoms with Crippen LogP contribution in [0.25, 0.3) is 11.3 Å².